The Kier molecular flexibility index (Phi) is 3.69. The maximum atomic E-state index is 10.5. The number of hydrogen-bond donors (Lipinski definition) is 1. The van der Waals surface area contributed by atoms with Crippen LogP contribution in [0.15, 0.2) is 36.7 Å². The molecule has 2 rings (SSSR count). The van der Waals surface area contributed by atoms with Gasteiger partial charge in [0, 0.05) is 24.7 Å². The van der Waals surface area contributed by atoms with Gasteiger partial charge in [-0.25, -0.2) is 9.97 Å². The predicted molar refractivity (Wildman–Crippen MR) is 67.5 cm³/mol. The van der Waals surface area contributed by atoms with Crippen LogP contribution in [0.3, 0.4) is 0 Å². The molecule has 7 heteroatoms. The fraction of sp³-hybridized carbons (Fsp3) is 0.0909. The van der Waals surface area contributed by atoms with Gasteiger partial charge in [-0.2, -0.15) is 0 Å². The first kappa shape index (κ1) is 12.3. The Labute approximate surface area is 108 Å². The lowest BCUT2D eigenvalue weighted by molar-refractivity contribution is -0.384. The van der Waals surface area contributed by atoms with Crippen molar-refractivity contribution in [2.45, 2.75) is 6.54 Å². The molecule has 0 aliphatic carbocycles. The molecule has 18 heavy (non-hydrogen) atoms. The fourth-order valence-corrected chi connectivity index (χ4v) is 1.51. The van der Waals surface area contributed by atoms with Crippen molar-refractivity contribution >= 4 is 23.1 Å². The smallest absolute Gasteiger partial charge is 0.269 e. The highest BCUT2D eigenvalue weighted by molar-refractivity contribution is 6.29. The number of halogens is 1. The molecule has 1 heterocycles. The highest BCUT2D eigenvalue weighted by Gasteiger charge is 2.03. The van der Waals surface area contributed by atoms with Crippen LogP contribution in [-0.2, 0) is 6.54 Å². The molecule has 0 fully saturated rings. The molecule has 1 N–H and O–H groups in total. The van der Waals surface area contributed by atoms with Crippen LogP contribution in [0.4, 0.5) is 11.5 Å². The second kappa shape index (κ2) is 5.42. The van der Waals surface area contributed by atoms with Crippen molar-refractivity contribution in [2.24, 2.45) is 0 Å². The molecule has 0 radical (unpaired) electrons. The summed E-state index contributed by atoms with van der Waals surface area (Å²) in [6, 6.07) is 7.91. The highest BCUT2D eigenvalue weighted by atomic mass is 35.5. The van der Waals surface area contributed by atoms with E-state index < -0.39 is 4.92 Å². The van der Waals surface area contributed by atoms with Gasteiger partial charge < -0.3 is 5.32 Å². The predicted octanol–water partition coefficient (Wildman–Crippen LogP) is 2.65. The first-order valence-electron chi connectivity index (χ1n) is 5.10. The summed E-state index contributed by atoms with van der Waals surface area (Å²) in [4.78, 5) is 17.8. The van der Waals surface area contributed by atoms with E-state index in [0.29, 0.717) is 17.5 Å². The number of benzene rings is 1. The molecule has 0 bridgehead atoms. The molecule has 0 spiro atoms. The van der Waals surface area contributed by atoms with Crippen molar-refractivity contribution in [3.8, 4) is 0 Å². The topological polar surface area (TPSA) is 81.0 Å². The van der Waals surface area contributed by atoms with Gasteiger partial charge in [-0.1, -0.05) is 23.7 Å². The second-order valence-electron chi connectivity index (χ2n) is 3.50. The van der Waals surface area contributed by atoms with Crippen LogP contribution in [-0.4, -0.2) is 14.9 Å². The zero-order valence-electron chi connectivity index (χ0n) is 9.21. The van der Waals surface area contributed by atoms with E-state index >= 15 is 0 Å². The number of anilines is 1. The van der Waals surface area contributed by atoms with E-state index in [1.54, 1.807) is 18.2 Å². The van der Waals surface area contributed by atoms with Crippen molar-refractivity contribution in [1.82, 2.24) is 9.97 Å². The lowest BCUT2D eigenvalue weighted by Crippen LogP contribution is -2.01. The number of aromatic nitrogens is 2. The molecular formula is C11H9ClN4O2. The number of rotatable bonds is 4. The normalized spacial score (nSPS) is 10.1. The third-order valence-electron chi connectivity index (χ3n) is 2.25. The van der Waals surface area contributed by atoms with Gasteiger partial charge in [-0.3, -0.25) is 10.1 Å². The highest BCUT2D eigenvalue weighted by Crippen LogP contribution is 2.14. The molecule has 0 aliphatic heterocycles. The van der Waals surface area contributed by atoms with Crippen LogP contribution >= 0.6 is 11.6 Å². The van der Waals surface area contributed by atoms with Crippen LogP contribution in [0.1, 0.15) is 5.56 Å². The van der Waals surface area contributed by atoms with Gasteiger partial charge in [0.2, 0.25) is 0 Å². The van der Waals surface area contributed by atoms with E-state index in [2.05, 4.69) is 15.3 Å². The minimum Gasteiger partial charge on any atom is -0.366 e. The van der Waals surface area contributed by atoms with Crippen molar-refractivity contribution in [3.05, 3.63) is 57.5 Å². The van der Waals surface area contributed by atoms with Crippen LogP contribution in [0.25, 0.3) is 0 Å². The second-order valence-corrected chi connectivity index (χ2v) is 3.89. The van der Waals surface area contributed by atoms with E-state index in [1.165, 1.54) is 18.5 Å². The molecule has 0 atom stereocenters. The van der Waals surface area contributed by atoms with Crippen molar-refractivity contribution in [2.75, 3.05) is 5.32 Å². The van der Waals surface area contributed by atoms with Crippen molar-refractivity contribution in [1.29, 1.82) is 0 Å². The SMILES string of the molecule is O=[N+]([O-])c1ccc(CNc2cc(Cl)ncn2)cc1. The number of nitro groups is 1. The summed E-state index contributed by atoms with van der Waals surface area (Å²) in [6.45, 7) is 0.505. The minimum absolute atomic E-state index is 0.0730. The number of nitrogens with zero attached hydrogens (tertiary/aromatic N) is 3. The Morgan fingerprint density at radius 2 is 2.00 bits per heavy atom. The zero-order chi connectivity index (χ0) is 13.0. The van der Waals surface area contributed by atoms with E-state index in [1.807, 2.05) is 0 Å². The third kappa shape index (κ3) is 3.14. The van der Waals surface area contributed by atoms with E-state index in [4.69, 9.17) is 11.6 Å². The average Bonchev–Trinajstić information content (AvgIpc) is 2.37. The number of non-ortho nitro benzene ring substituents is 1. The van der Waals surface area contributed by atoms with E-state index in [0.717, 1.165) is 5.56 Å². The number of nitro benzene ring substituents is 1. The molecule has 0 saturated carbocycles. The van der Waals surface area contributed by atoms with Crippen molar-refractivity contribution < 1.29 is 4.92 Å². The maximum Gasteiger partial charge on any atom is 0.269 e. The van der Waals surface area contributed by atoms with E-state index in [-0.39, 0.29) is 5.69 Å². The average molecular weight is 265 g/mol. The summed E-state index contributed by atoms with van der Waals surface area (Å²) in [5.41, 5.74) is 0.985. The van der Waals surface area contributed by atoms with Crippen LogP contribution < -0.4 is 5.32 Å². The molecule has 1 aromatic heterocycles. The van der Waals surface area contributed by atoms with Crippen LogP contribution in [0.2, 0.25) is 5.15 Å². The summed E-state index contributed by atoms with van der Waals surface area (Å²) in [7, 11) is 0. The Balaban J connectivity index is 2.00. The standard InChI is InChI=1S/C11H9ClN4O2/c12-10-5-11(15-7-14-10)13-6-8-1-3-9(4-2-8)16(17)18/h1-5,7H,6H2,(H,13,14,15). The van der Waals surface area contributed by atoms with Gasteiger partial charge in [0.15, 0.2) is 0 Å². The monoisotopic (exact) mass is 264 g/mol. The quantitative estimate of drug-likeness (QED) is 0.522. The van der Waals surface area contributed by atoms with E-state index in [9.17, 15) is 10.1 Å². The summed E-state index contributed by atoms with van der Waals surface area (Å²) in [5, 5.41) is 13.9. The Hall–Kier alpha value is -2.21. The summed E-state index contributed by atoms with van der Waals surface area (Å²) >= 11 is 5.72. The Morgan fingerprint density at radius 3 is 2.61 bits per heavy atom. The Morgan fingerprint density at radius 1 is 1.28 bits per heavy atom. The lowest BCUT2D eigenvalue weighted by Gasteiger charge is -2.05. The fourth-order valence-electron chi connectivity index (χ4n) is 1.36. The summed E-state index contributed by atoms with van der Waals surface area (Å²) in [5.74, 6) is 0.605. The Bertz CT molecular complexity index is 559. The van der Waals surface area contributed by atoms with Gasteiger partial charge in [-0.15, -0.1) is 0 Å². The minimum atomic E-state index is -0.429. The number of hydrogen-bond acceptors (Lipinski definition) is 5. The van der Waals surface area contributed by atoms with Crippen LogP contribution in [0, 0.1) is 10.1 Å². The molecule has 0 aliphatic rings. The molecule has 0 unspecified atom stereocenters. The van der Waals surface area contributed by atoms with Gasteiger partial charge in [-0.05, 0) is 5.56 Å². The van der Waals surface area contributed by atoms with Gasteiger partial charge >= 0.3 is 0 Å². The summed E-state index contributed by atoms with van der Waals surface area (Å²) in [6.07, 6.45) is 1.36. The van der Waals surface area contributed by atoms with Crippen molar-refractivity contribution in [3.63, 3.8) is 0 Å². The molecular weight excluding hydrogens is 256 g/mol. The molecule has 6 nitrogen and oxygen atoms in total. The van der Waals surface area contributed by atoms with Gasteiger partial charge in [0.1, 0.15) is 17.3 Å². The third-order valence-corrected chi connectivity index (χ3v) is 2.46. The first-order chi connectivity index (χ1) is 8.65. The zero-order valence-corrected chi connectivity index (χ0v) is 9.96. The van der Waals surface area contributed by atoms with Gasteiger partial charge in [0.05, 0.1) is 4.92 Å². The first-order valence-corrected chi connectivity index (χ1v) is 5.48. The molecule has 92 valence electrons. The maximum absolute atomic E-state index is 10.5. The molecule has 0 amide bonds. The van der Waals surface area contributed by atoms with Gasteiger partial charge in [0.25, 0.3) is 5.69 Å². The van der Waals surface area contributed by atoms with Crippen LogP contribution in [0.5, 0.6) is 0 Å². The lowest BCUT2D eigenvalue weighted by atomic mass is 10.2. The number of nitrogens with one attached hydrogen (secondary N) is 1. The molecule has 2 aromatic rings. The largest absolute Gasteiger partial charge is 0.366 e. The summed E-state index contributed by atoms with van der Waals surface area (Å²) < 4.78 is 0. The molecule has 1 aromatic carbocycles. The molecule has 0 saturated heterocycles.